The number of rotatable bonds is 0. The molecule has 4 aliphatic rings. The topological polar surface area (TPSA) is 40.5 Å². The maximum absolute atomic E-state index is 14.2. The summed E-state index contributed by atoms with van der Waals surface area (Å²) < 4.78 is 14.2. The van der Waals surface area contributed by atoms with Gasteiger partial charge in [0.1, 0.15) is 6.17 Å². The first-order valence-electron chi connectivity index (χ1n) is 9.06. The highest BCUT2D eigenvalue weighted by Crippen LogP contribution is 2.65. The molecule has 8 atom stereocenters. The highest BCUT2D eigenvalue weighted by Gasteiger charge is 2.61. The Bertz CT molecular complexity index is 504. The monoisotopic (exact) mass is 308 g/mol. The molecule has 3 saturated carbocycles. The number of fused-ring (bicyclic) bond motifs is 5. The lowest BCUT2D eigenvalue weighted by Crippen LogP contribution is -2.51. The SMILES string of the molecule is C[C@]12CC[C@@H](O)CC1=CCC1C2CC[C@@]2(C)C1C[C@@H](F)[C@@H]2O. The van der Waals surface area contributed by atoms with Gasteiger partial charge in [-0.1, -0.05) is 25.5 Å². The summed E-state index contributed by atoms with van der Waals surface area (Å²) in [7, 11) is 0. The van der Waals surface area contributed by atoms with Crippen molar-refractivity contribution in [3.8, 4) is 0 Å². The van der Waals surface area contributed by atoms with Crippen molar-refractivity contribution in [1.29, 1.82) is 0 Å². The predicted molar refractivity (Wildman–Crippen MR) is 84.0 cm³/mol. The molecule has 4 rings (SSSR count). The average molecular weight is 308 g/mol. The molecule has 0 spiro atoms. The molecule has 124 valence electrons. The van der Waals surface area contributed by atoms with Crippen molar-refractivity contribution in [3.05, 3.63) is 11.6 Å². The molecule has 0 radical (unpaired) electrons. The minimum absolute atomic E-state index is 0.173. The number of aliphatic hydroxyl groups excluding tert-OH is 2. The summed E-state index contributed by atoms with van der Waals surface area (Å²) in [6, 6.07) is 0. The van der Waals surface area contributed by atoms with Crippen molar-refractivity contribution >= 4 is 0 Å². The molecule has 0 amide bonds. The second kappa shape index (κ2) is 4.80. The highest BCUT2D eigenvalue weighted by molar-refractivity contribution is 5.25. The van der Waals surface area contributed by atoms with Crippen molar-refractivity contribution in [1.82, 2.24) is 0 Å². The molecule has 0 bridgehead atoms. The van der Waals surface area contributed by atoms with Gasteiger partial charge in [-0.05, 0) is 73.5 Å². The van der Waals surface area contributed by atoms with Crippen LogP contribution in [0.2, 0.25) is 0 Å². The van der Waals surface area contributed by atoms with E-state index >= 15 is 0 Å². The summed E-state index contributed by atoms with van der Waals surface area (Å²) in [4.78, 5) is 0. The van der Waals surface area contributed by atoms with E-state index in [2.05, 4.69) is 19.9 Å². The van der Waals surface area contributed by atoms with Gasteiger partial charge in [0.15, 0.2) is 0 Å². The van der Waals surface area contributed by atoms with Crippen LogP contribution in [-0.2, 0) is 0 Å². The van der Waals surface area contributed by atoms with E-state index in [0.29, 0.717) is 24.2 Å². The number of allylic oxidation sites excluding steroid dienone is 1. The number of aliphatic hydroxyl groups is 2. The Hall–Kier alpha value is -0.410. The fourth-order valence-corrected chi connectivity index (χ4v) is 6.59. The molecule has 0 aromatic rings. The molecule has 0 heterocycles. The summed E-state index contributed by atoms with van der Waals surface area (Å²) in [5.41, 5.74) is 1.42. The Morgan fingerprint density at radius 3 is 2.68 bits per heavy atom. The number of hydrogen-bond donors (Lipinski definition) is 2. The second-order valence-corrected chi connectivity index (χ2v) is 8.90. The minimum atomic E-state index is -1.04. The Kier molecular flexibility index (Phi) is 3.30. The lowest BCUT2D eigenvalue weighted by molar-refractivity contribution is -0.0763. The van der Waals surface area contributed by atoms with Crippen molar-refractivity contribution in [2.24, 2.45) is 28.6 Å². The molecule has 4 aliphatic carbocycles. The molecule has 2 nitrogen and oxygen atoms in total. The molecule has 22 heavy (non-hydrogen) atoms. The van der Waals surface area contributed by atoms with Crippen LogP contribution in [0.3, 0.4) is 0 Å². The zero-order chi connectivity index (χ0) is 15.7. The smallest absolute Gasteiger partial charge is 0.127 e. The van der Waals surface area contributed by atoms with Crippen LogP contribution in [0.4, 0.5) is 4.39 Å². The molecule has 3 fully saturated rings. The van der Waals surface area contributed by atoms with E-state index < -0.39 is 12.3 Å². The first kappa shape index (κ1) is 15.1. The third-order valence-electron chi connectivity index (χ3n) is 8.01. The average Bonchev–Trinajstić information content (AvgIpc) is 2.72. The Labute approximate surface area is 132 Å². The molecule has 0 saturated heterocycles. The van der Waals surface area contributed by atoms with Crippen LogP contribution < -0.4 is 0 Å². The Morgan fingerprint density at radius 2 is 1.91 bits per heavy atom. The van der Waals surface area contributed by atoms with Gasteiger partial charge >= 0.3 is 0 Å². The molecular weight excluding hydrogens is 279 g/mol. The molecule has 3 unspecified atom stereocenters. The third kappa shape index (κ3) is 1.84. The van der Waals surface area contributed by atoms with Gasteiger partial charge in [0.2, 0.25) is 0 Å². The van der Waals surface area contributed by atoms with Crippen LogP contribution in [0, 0.1) is 28.6 Å². The number of alkyl halides is 1. The van der Waals surface area contributed by atoms with Crippen LogP contribution in [0.5, 0.6) is 0 Å². The van der Waals surface area contributed by atoms with Gasteiger partial charge < -0.3 is 10.2 Å². The normalized spacial score (nSPS) is 57.6. The Balaban J connectivity index is 1.68. The minimum Gasteiger partial charge on any atom is -0.393 e. The van der Waals surface area contributed by atoms with Crippen molar-refractivity contribution in [3.63, 3.8) is 0 Å². The van der Waals surface area contributed by atoms with Gasteiger partial charge in [-0.25, -0.2) is 4.39 Å². The van der Waals surface area contributed by atoms with E-state index in [1.165, 1.54) is 5.57 Å². The summed E-state index contributed by atoms with van der Waals surface area (Å²) in [6.07, 6.45) is 6.76. The van der Waals surface area contributed by atoms with Gasteiger partial charge in [0.05, 0.1) is 12.2 Å². The van der Waals surface area contributed by atoms with Crippen LogP contribution in [-0.4, -0.2) is 28.6 Å². The lowest BCUT2D eigenvalue weighted by Gasteiger charge is -2.57. The molecule has 0 aromatic heterocycles. The molecule has 0 aromatic carbocycles. The molecule has 3 heteroatoms. The highest BCUT2D eigenvalue weighted by atomic mass is 19.1. The van der Waals surface area contributed by atoms with Crippen molar-refractivity contribution < 1.29 is 14.6 Å². The number of hydrogen-bond acceptors (Lipinski definition) is 2. The van der Waals surface area contributed by atoms with Crippen molar-refractivity contribution in [2.45, 2.75) is 77.2 Å². The third-order valence-corrected chi connectivity index (χ3v) is 8.01. The van der Waals surface area contributed by atoms with E-state index in [0.717, 1.165) is 38.5 Å². The summed E-state index contributed by atoms with van der Waals surface area (Å²) in [5, 5.41) is 20.3. The second-order valence-electron chi connectivity index (χ2n) is 8.90. The van der Waals surface area contributed by atoms with Gasteiger partial charge in [-0.3, -0.25) is 0 Å². The fourth-order valence-electron chi connectivity index (χ4n) is 6.59. The standard InChI is InChI=1S/C19H29FO2/c1-18-7-5-12(21)9-11(18)3-4-13-14(18)6-8-19(2)15(13)10-16(20)17(19)22/h3,12-17,21-22H,4-10H2,1-2H3/t12-,13?,14?,15?,16-,17+,18+,19+/m1/s1. The van der Waals surface area contributed by atoms with Crippen molar-refractivity contribution in [2.75, 3.05) is 0 Å². The van der Waals surface area contributed by atoms with Gasteiger partial charge in [-0.15, -0.1) is 0 Å². The van der Waals surface area contributed by atoms with E-state index in [1.54, 1.807) is 0 Å². The van der Waals surface area contributed by atoms with Crippen LogP contribution in [0.1, 0.15) is 58.8 Å². The van der Waals surface area contributed by atoms with Crippen LogP contribution >= 0.6 is 0 Å². The first-order valence-corrected chi connectivity index (χ1v) is 9.06. The molecule has 0 aliphatic heterocycles. The van der Waals surface area contributed by atoms with E-state index in [9.17, 15) is 14.6 Å². The fraction of sp³-hybridized carbons (Fsp3) is 0.895. The van der Waals surface area contributed by atoms with Crippen LogP contribution in [0.25, 0.3) is 0 Å². The van der Waals surface area contributed by atoms with Gasteiger partial charge in [0.25, 0.3) is 0 Å². The zero-order valence-corrected chi connectivity index (χ0v) is 13.8. The number of halogens is 1. The quantitative estimate of drug-likeness (QED) is 0.671. The van der Waals surface area contributed by atoms with E-state index in [4.69, 9.17) is 0 Å². The summed E-state index contributed by atoms with van der Waals surface area (Å²) >= 11 is 0. The maximum Gasteiger partial charge on any atom is 0.127 e. The first-order chi connectivity index (χ1) is 10.4. The maximum atomic E-state index is 14.2. The van der Waals surface area contributed by atoms with Gasteiger partial charge in [-0.2, -0.15) is 0 Å². The Morgan fingerprint density at radius 1 is 1.14 bits per heavy atom. The largest absolute Gasteiger partial charge is 0.393 e. The zero-order valence-electron chi connectivity index (χ0n) is 13.8. The summed E-state index contributed by atoms with van der Waals surface area (Å²) in [6.45, 7) is 4.49. The predicted octanol–water partition coefficient (Wildman–Crippen LogP) is 3.62. The molecular formula is C19H29FO2. The van der Waals surface area contributed by atoms with E-state index in [-0.39, 0.29) is 16.9 Å². The van der Waals surface area contributed by atoms with E-state index in [1.807, 2.05) is 0 Å². The molecule has 2 N–H and O–H groups in total. The van der Waals surface area contributed by atoms with Crippen LogP contribution in [0.15, 0.2) is 11.6 Å². The lowest BCUT2D eigenvalue weighted by atomic mass is 9.48. The van der Waals surface area contributed by atoms with Gasteiger partial charge in [0, 0.05) is 0 Å². The summed E-state index contributed by atoms with van der Waals surface area (Å²) in [5.74, 6) is 1.44.